The van der Waals surface area contributed by atoms with E-state index in [1.807, 2.05) is 12.1 Å². The van der Waals surface area contributed by atoms with Crippen molar-refractivity contribution >= 4 is 0 Å². The van der Waals surface area contributed by atoms with Gasteiger partial charge in [0.15, 0.2) is 0 Å². The van der Waals surface area contributed by atoms with Crippen molar-refractivity contribution in [3.05, 3.63) is 24.0 Å². The zero-order chi connectivity index (χ0) is 12.3. The van der Waals surface area contributed by atoms with Gasteiger partial charge in [0.1, 0.15) is 5.75 Å². The summed E-state index contributed by atoms with van der Waals surface area (Å²) in [5, 5.41) is 3.25. The number of unbranched alkanes of at least 4 members (excludes halogenated alkanes) is 1. The largest absolute Gasteiger partial charge is 0.492 e. The highest BCUT2D eigenvalue weighted by atomic mass is 16.5. The molecule has 17 heavy (non-hydrogen) atoms. The molecule has 0 saturated carbocycles. The Labute approximate surface area is 103 Å². The van der Waals surface area contributed by atoms with Gasteiger partial charge in [0, 0.05) is 20.2 Å². The van der Waals surface area contributed by atoms with Gasteiger partial charge in [-0.25, -0.2) is 0 Å². The van der Waals surface area contributed by atoms with Crippen molar-refractivity contribution in [2.45, 2.75) is 26.3 Å². The quantitative estimate of drug-likeness (QED) is 0.668. The summed E-state index contributed by atoms with van der Waals surface area (Å²) >= 11 is 0. The van der Waals surface area contributed by atoms with Crippen molar-refractivity contribution in [2.75, 3.05) is 26.9 Å². The molecule has 0 aliphatic heterocycles. The van der Waals surface area contributed by atoms with Gasteiger partial charge in [0.2, 0.25) is 0 Å². The molecule has 0 radical (unpaired) electrons. The van der Waals surface area contributed by atoms with Gasteiger partial charge in [-0.05, 0) is 18.6 Å². The molecule has 0 amide bonds. The molecule has 0 fully saturated rings. The van der Waals surface area contributed by atoms with E-state index in [4.69, 9.17) is 9.47 Å². The van der Waals surface area contributed by atoms with Crippen LogP contribution in [0, 0.1) is 0 Å². The Morgan fingerprint density at radius 2 is 2.18 bits per heavy atom. The van der Waals surface area contributed by atoms with Gasteiger partial charge in [0.25, 0.3) is 0 Å². The minimum absolute atomic E-state index is 0.720. The second-order valence-corrected chi connectivity index (χ2v) is 3.86. The standard InChI is InChI=1S/C13H22N2O2/c1-3-4-8-17-13-6-5-12(15-11-13)10-14-7-9-16-2/h5-6,11,14H,3-4,7-10H2,1-2H3. The first-order valence-electron chi connectivity index (χ1n) is 6.14. The summed E-state index contributed by atoms with van der Waals surface area (Å²) in [6, 6.07) is 3.96. The Morgan fingerprint density at radius 3 is 2.82 bits per heavy atom. The summed E-state index contributed by atoms with van der Waals surface area (Å²) in [6.45, 7) is 5.24. The summed E-state index contributed by atoms with van der Waals surface area (Å²) < 4.78 is 10.5. The SMILES string of the molecule is CCCCOc1ccc(CNCCOC)nc1. The lowest BCUT2D eigenvalue weighted by Crippen LogP contribution is -2.19. The molecule has 0 spiro atoms. The highest BCUT2D eigenvalue weighted by molar-refractivity contribution is 5.19. The van der Waals surface area contributed by atoms with E-state index >= 15 is 0 Å². The molecule has 1 rings (SSSR count). The predicted octanol–water partition coefficient (Wildman–Crippen LogP) is 2.00. The number of aromatic nitrogens is 1. The van der Waals surface area contributed by atoms with Gasteiger partial charge >= 0.3 is 0 Å². The number of hydrogen-bond acceptors (Lipinski definition) is 4. The molecule has 0 aliphatic rings. The maximum Gasteiger partial charge on any atom is 0.137 e. The highest BCUT2D eigenvalue weighted by Crippen LogP contribution is 2.09. The van der Waals surface area contributed by atoms with E-state index in [2.05, 4.69) is 17.2 Å². The van der Waals surface area contributed by atoms with Crippen LogP contribution in [0.15, 0.2) is 18.3 Å². The predicted molar refractivity (Wildman–Crippen MR) is 68.2 cm³/mol. The second kappa shape index (κ2) is 8.96. The van der Waals surface area contributed by atoms with Crippen LogP contribution in [0.3, 0.4) is 0 Å². The third kappa shape index (κ3) is 6.24. The number of ether oxygens (including phenoxy) is 2. The fourth-order valence-corrected chi connectivity index (χ4v) is 1.33. The van der Waals surface area contributed by atoms with Crippen LogP contribution in [-0.2, 0) is 11.3 Å². The first-order chi connectivity index (χ1) is 8.36. The summed E-state index contributed by atoms with van der Waals surface area (Å²) in [5.74, 6) is 0.846. The van der Waals surface area contributed by atoms with Gasteiger partial charge in [-0.3, -0.25) is 4.98 Å². The molecule has 4 nitrogen and oxygen atoms in total. The number of hydrogen-bond donors (Lipinski definition) is 1. The van der Waals surface area contributed by atoms with Crippen LogP contribution < -0.4 is 10.1 Å². The third-order valence-electron chi connectivity index (χ3n) is 2.35. The van der Waals surface area contributed by atoms with Crippen molar-refractivity contribution in [1.29, 1.82) is 0 Å². The van der Waals surface area contributed by atoms with Crippen molar-refractivity contribution in [3.63, 3.8) is 0 Å². The van der Waals surface area contributed by atoms with E-state index in [0.29, 0.717) is 0 Å². The molecule has 0 atom stereocenters. The lowest BCUT2D eigenvalue weighted by atomic mass is 10.3. The number of pyridine rings is 1. The zero-order valence-corrected chi connectivity index (χ0v) is 10.7. The lowest BCUT2D eigenvalue weighted by molar-refractivity contribution is 0.199. The van der Waals surface area contributed by atoms with Crippen molar-refractivity contribution in [2.24, 2.45) is 0 Å². The van der Waals surface area contributed by atoms with E-state index in [1.54, 1.807) is 13.3 Å². The van der Waals surface area contributed by atoms with Crippen LogP contribution in [0.1, 0.15) is 25.5 Å². The minimum atomic E-state index is 0.720. The van der Waals surface area contributed by atoms with Crippen LogP contribution in [-0.4, -0.2) is 31.9 Å². The first kappa shape index (κ1) is 13.9. The molecule has 1 aromatic heterocycles. The number of rotatable bonds is 9. The fraction of sp³-hybridized carbons (Fsp3) is 0.615. The molecule has 0 unspecified atom stereocenters. The molecule has 0 aromatic carbocycles. The number of nitrogens with one attached hydrogen (secondary N) is 1. The van der Waals surface area contributed by atoms with E-state index in [1.165, 1.54) is 0 Å². The van der Waals surface area contributed by atoms with Crippen molar-refractivity contribution in [1.82, 2.24) is 10.3 Å². The van der Waals surface area contributed by atoms with Gasteiger partial charge in [-0.2, -0.15) is 0 Å². The smallest absolute Gasteiger partial charge is 0.137 e. The Hall–Kier alpha value is -1.13. The highest BCUT2D eigenvalue weighted by Gasteiger charge is 1.96. The summed E-state index contributed by atoms with van der Waals surface area (Å²) in [4.78, 5) is 4.33. The van der Waals surface area contributed by atoms with Crippen LogP contribution in [0.25, 0.3) is 0 Å². The molecular weight excluding hydrogens is 216 g/mol. The van der Waals surface area contributed by atoms with Crippen molar-refractivity contribution in [3.8, 4) is 5.75 Å². The average Bonchev–Trinajstić information content (AvgIpc) is 2.37. The Kier molecular flexibility index (Phi) is 7.34. The average molecular weight is 238 g/mol. The van der Waals surface area contributed by atoms with E-state index in [-0.39, 0.29) is 0 Å². The Balaban J connectivity index is 2.24. The van der Waals surface area contributed by atoms with Gasteiger partial charge < -0.3 is 14.8 Å². The molecule has 96 valence electrons. The van der Waals surface area contributed by atoms with Crippen molar-refractivity contribution < 1.29 is 9.47 Å². The monoisotopic (exact) mass is 238 g/mol. The Morgan fingerprint density at radius 1 is 1.29 bits per heavy atom. The second-order valence-electron chi connectivity index (χ2n) is 3.86. The van der Waals surface area contributed by atoms with Gasteiger partial charge in [0.05, 0.1) is 25.1 Å². The van der Waals surface area contributed by atoms with Crippen LogP contribution >= 0.6 is 0 Å². The lowest BCUT2D eigenvalue weighted by Gasteiger charge is -2.06. The molecule has 0 aliphatic carbocycles. The summed E-state index contributed by atoms with van der Waals surface area (Å²) in [6.07, 6.45) is 4.01. The molecule has 1 heterocycles. The maximum absolute atomic E-state index is 5.54. The third-order valence-corrected chi connectivity index (χ3v) is 2.35. The van der Waals surface area contributed by atoms with Crippen LogP contribution in [0.5, 0.6) is 5.75 Å². The summed E-state index contributed by atoms with van der Waals surface area (Å²) in [7, 11) is 1.70. The first-order valence-corrected chi connectivity index (χ1v) is 6.14. The summed E-state index contributed by atoms with van der Waals surface area (Å²) in [5.41, 5.74) is 1.02. The van der Waals surface area contributed by atoms with Crippen LogP contribution in [0.2, 0.25) is 0 Å². The van der Waals surface area contributed by atoms with Gasteiger partial charge in [-0.15, -0.1) is 0 Å². The normalized spacial score (nSPS) is 10.5. The fourth-order valence-electron chi connectivity index (χ4n) is 1.33. The molecule has 1 aromatic rings. The topological polar surface area (TPSA) is 43.4 Å². The van der Waals surface area contributed by atoms with E-state index in [9.17, 15) is 0 Å². The molecule has 1 N–H and O–H groups in total. The van der Waals surface area contributed by atoms with E-state index < -0.39 is 0 Å². The number of methoxy groups -OCH3 is 1. The van der Waals surface area contributed by atoms with Crippen LogP contribution in [0.4, 0.5) is 0 Å². The van der Waals surface area contributed by atoms with E-state index in [0.717, 1.165) is 50.6 Å². The number of nitrogens with zero attached hydrogens (tertiary/aromatic N) is 1. The molecule has 4 heteroatoms. The Bertz CT molecular complexity index is 288. The minimum Gasteiger partial charge on any atom is -0.492 e. The maximum atomic E-state index is 5.54. The molecule has 0 bridgehead atoms. The zero-order valence-electron chi connectivity index (χ0n) is 10.7. The molecule has 0 saturated heterocycles. The molecular formula is C13H22N2O2. The van der Waals surface area contributed by atoms with Gasteiger partial charge in [-0.1, -0.05) is 13.3 Å².